The highest BCUT2D eigenvalue weighted by molar-refractivity contribution is 5.90. The van der Waals surface area contributed by atoms with Gasteiger partial charge in [0.15, 0.2) is 0 Å². The van der Waals surface area contributed by atoms with Crippen molar-refractivity contribution in [3.63, 3.8) is 0 Å². The van der Waals surface area contributed by atoms with Crippen LogP contribution in [0.15, 0.2) is 6.33 Å². The molecule has 0 aliphatic heterocycles. The van der Waals surface area contributed by atoms with Crippen LogP contribution in [0.25, 0.3) is 0 Å². The largest absolute Gasteiger partial charge is 0.336 e. The number of nitrogens with zero attached hydrogens (tertiary/aromatic N) is 3. The van der Waals surface area contributed by atoms with Crippen LogP contribution in [0.4, 0.5) is 0 Å². The summed E-state index contributed by atoms with van der Waals surface area (Å²) in [6.45, 7) is -0.0282. The van der Waals surface area contributed by atoms with Gasteiger partial charge >= 0.3 is 0 Å². The summed E-state index contributed by atoms with van der Waals surface area (Å²) in [6.07, 6.45) is 1.22. The Hall–Kier alpha value is -1.90. The third kappa shape index (κ3) is 1.76. The first-order valence-electron chi connectivity index (χ1n) is 2.85. The minimum atomic E-state index is -0.427. The zero-order chi connectivity index (χ0) is 8.10. The number of hydrogen-bond acceptors (Lipinski definition) is 4. The molecule has 6 nitrogen and oxygen atoms in total. The fraction of sp³-hybridized carbons (Fsp3) is 0.200. The van der Waals surface area contributed by atoms with Crippen LogP contribution in [-0.4, -0.2) is 27.6 Å². The summed E-state index contributed by atoms with van der Waals surface area (Å²) in [5, 5.41) is 16.2. The van der Waals surface area contributed by atoms with E-state index in [0.29, 0.717) is 0 Å². The maximum Gasteiger partial charge on any atom is 0.289 e. The molecule has 1 heterocycles. The van der Waals surface area contributed by atoms with Crippen molar-refractivity contribution >= 4 is 5.91 Å². The molecule has 0 radical (unpaired) electrons. The molecule has 0 aliphatic rings. The first-order chi connectivity index (χ1) is 5.34. The zero-order valence-corrected chi connectivity index (χ0v) is 5.53. The van der Waals surface area contributed by atoms with Crippen LogP contribution < -0.4 is 5.32 Å². The normalized spacial score (nSPS) is 8.64. The molecule has 0 unspecified atom stereocenters. The molecule has 56 valence electrons. The molecule has 0 spiro atoms. The van der Waals surface area contributed by atoms with Gasteiger partial charge in [0.05, 0.1) is 6.07 Å². The summed E-state index contributed by atoms with van der Waals surface area (Å²) in [4.78, 5) is 14.4. The minimum Gasteiger partial charge on any atom is -0.336 e. The summed E-state index contributed by atoms with van der Waals surface area (Å²) in [7, 11) is 0. The Morgan fingerprint density at radius 3 is 3.27 bits per heavy atom. The second-order valence-corrected chi connectivity index (χ2v) is 1.67. The number of H-pyrrole nitrogens is 1. The molecule has 1 aromatic rings. The van der Waals surface area contributed by atoms with Gasteiger partial charge in [0.1, 0.15) is 12.9 Å². The van der Waals surface area contributed by atoms with E-state index in [1.165, 1.54) is 6.33 Å². The molecule has 1 amide bonds. The van der Waals surface area contributed by atoms with Crippen LogP contribution in [-0.2, 0) is 0 Å². The van der Waals surface area contributed by atoms with Gasteiger partial charge in [-0.15, -0.1) is 0 Å². The van der Waals surface area contributed by atoms with Gasteiger partial charge < -0.3 is 5.32 Å². The van der Waals surface area contributed by atoms with Gasteiger partial charge in [-0.2, -0.15) is 10.4 Å². The van der Waals surface area contributed by atoms with Crippen molar-refractivity contribution in [2.45, 2.75) is 0 Å². The monoisotopic (exact) mass is 151 g/mol. The number of amides is 1. The Morgan fingerprint density at radius 2 is 2.73 bits per heavy atom. The highest BCUT2D eigenvalue weighted by Gasteiger charge is 2.05. The van der Waals surface area contributed by atoms with E-state index in [-0.39, 0.29) is 12.4 Å². The van der Waals surface area contributed by atoms with Crippen molar-refractivity contribution in [2.24, 2.45) is 0 Å². The molecule has 0 aromatic carbocycles. The lowest BCUT2D eigenvalue weighted by Gasteiger charge is -1.93. The lowest BCUT2D eigenvalue weighted by atomic mass is 10.5. The van der Waals surface area contributed by atoms with E-state index < -0.39 is 5.91 Å². The number of carbonyl (C=O) groups excluding carboxylic acids is 1. The number of nitriles is 1. The Kier molecular flexibility index (Phi) is 2.17. The summed E-state index contributed by atoms with van der Waals surface area (Å²) in [5.74, 6) is -0.315. The van der Waals surface area contributed by atoms with Gasteiger partial charge in [-0.1, -0.05) is 0 Å². The standard InChI is InChI=1S/C5H5N5O/c6-1-2-7-5(11)4-8-3-9-10-4/h3H,2H2,(H,7,11)(H,8,9,10). The van der Waals surface area contributed by atoms with Gasteiger partial charge in [0.25, 0.3) is 5.91 Å². The van der Waals surface area contributed by atoms with Crippen molar-refractivity contribution < 1.29 is 4.79 Å². The van der Waals surface area contributed by atoms with E-state index in [0.717, 1.165) is 0 Å². The maximum absolute atomic E-state index is 10.9. The van der Waals surface area contributed by atoms with E-state index in [1.807, 2.05) is 0 Å². The molecule has 0 saturated heterocycles. The molecular weight excluding hydrogens is 146 g/mol. The van der Waals surface area contributed by atoms with Crippen LogP contribution in [0.5, 0.6) is 0 Å². The average molecular weight is 151 g/mol. The lowest BCUT2D eigenvalue weighted by molar-refractivity contribution is 0.0948. The Morgan fingerprint density at radius 1 is 1.91 bits per heavy atom. The zero-order valence-electron chi connectivity index (χ0n) is 5.53. The summed E-state index contributed by atoms with van der Waals surface area (Å²) in [6, 6.07) is 1.77. The number of nitrogens with one attached hydrogen (secondary N) is 2. The molecule has 6 heteroatoms. The van der Waals surface area contributed by atoms with E-state index >= 15 is 0 Å². The maximum atomic E-state index is 10.9. The number of hydrogen-bond donors (Lipinski definition) is 2. The SMILES string of the molecule is N#CCNC(=O)c1ncn[nH]1. The second-order valence-electron chi connectivity index (χ2n) is 1.67. The number of carbonyl (C=O) groups is 1. The fourth-order valence-corrected chi connectivity index (χ4v) is 0.518. The molecule has 0 bridgehead atoms. The summed E-state index contributed by atoms with van der Waals surface area (Å²) < 4.78 is 0. The van der Waals surface area contributed by atoms with Crippen molar-refractivity contribution in [1.82, 2.24) is 20.5 Å². The van der Waals surface area contributed by atoms with Gasteiger partial charge in [0, 0.05) is 0 Å². The van der Waals surface area contributed by atoms with Crippen molar-refractivity contribution in [1.29, 1.82) is 5.26 Å². The fourth-order valence-electron chi connectivity index (χ4n) is 0.518. The predicted octanol–water partition coefficient (Wildman–Crippen LogP) is -0.942. The number of rotatable bonds is 2. The van der Waals surface area contributed by atoms with Gasteiger partial charge in [-0.3, -0.25) is 9.89 Å². The van der Waals surface area contributed by atoms with Crippen molar-refractivity contribution in [2.75, 3.05) is 6.54 Å². The number of aromatic nitrogens is 3. The van der Waals surface area contributed by atoms with Crippen molar-refractivity contribution in [3.8, 4) is 6.07 Å². The molecule has 1 aromatic heterocycles. The Labute approximate surface area is 62.2 Å². The quantitative estimate of drug-likeness (QED) is 0.533. The van der Waals surface area contributed by atoms with Crippen LogP contribution >= 0.6 is 0 Å². The lowest BCUT2D eigenvalue weighted by Crippen LogP contribution is -2.24. The average Bonchev–Trinajstić information content (AvgIpc) is 2.52. The topological polar surface area (TPSA) is 94.5 Å². The minimum absolute atomic E-state index is 0.0282. The molecule has 1 rings (SSSR count). The van der Waals surface area contributed by atoms with Crippen LogP contribution in [0.2, 0.25) is 0 Å². The molecule has 0 saturated carbocycles. The van der Waals surface area contributed by atoms with Crippen LogP contribution in [0, 0.1) is 11.3 Å². The summed E-state index contributed by atoms with van der Waals surface area (Å²) in [5.41, 5.74) is 0. The third-order valence-corrected chi connectivity index (χ3v) is 0.958. The van der Waals surface area contributed by atoms with E-state index in [4.69, 9.17) is 5.26 Å². The van der Waals surface area contributed by atoms with E-state index in [9.17, 15) is 4.79 Å². The summed E-state index contributed by atoms with van der Waals surface area (Å²) >= 11 is 0. The molecule has 2 N–H and O–H groups in total. The second kappa shape index (κ2) is 3.31. The van der Waals surface area contributed by atoms with Gasteiger partial charge in [0.2, 0.25) is 5.82 Å². The van der Waals surface area contributed by atoms with E-state index in [1.54, 1.807) is 6.07 Å². The van der Waals surface area contributed by atoms with Crippen molar-refractivity contribution in [3.05, 3.63) is 12.2 Å². The van der Waals surface area contributed by atoms with Gasteiger partial charge in [-0.05, 0) is 0 Å². The van der Waals surface area contributed by atoms with Crippen LogP contribution in [0.1, 0.15) is 10.6 Å². The Balaban J connectivity index is 2.51. The highest BCUT2D eigenvalue weighted by atomic mass is 16.2. The van der Waals surface area contributed by atoms with E-state index in [2.05, 4.69) is 20.5 Å². The molecule has 0 fully saturated rings. The third-order valence-electron chi connectivity index (χ3n) is 0.958. The molecule has 0 aliphatic carbocycles. The van der Waals surface area contributed by atoms with Gasteiger partial charge in [-0.25, -0.2) is 4.98 Å². The first-order valence-corrected chi connectivity index (χ1v) is 2.85. The first kappa shape index (κ1) is 7.21. The smallest absolute Gasteiger partial charge is 0.289 e. The predicted molar refractivity (Wildman–Crippen MR) is 34.3 cm³/mol. The molecule has 0 atom stereocenters. The molecule has 11 heavy (non-hydrogen) atoms. The van der Waals surface area contributed by atoms with Crippen LogP contribution in [0.3, 0.4) is 0 Å². The Bertz CT molecular complexity index is 272. The highest BCUT2D eigenvalue weighted by Crippen LogP contribution is 1.82. The number of aromatic amines is 1. The molecular formula is C5H5N5O.